The number of carbonyl (C=O) groups is 1. The average Bonchev–Trinajstić information content (AvgIpc) is 3.04. The molecule has 3 aromatic rings. The molecule has 0 aliphatic carbocycles. The molecule has 0 aliphatic rings. The number of halogens is 1. The summed E-state index contributed by atoms with van der Waals surface area (Å²) >= 11 is 3.49. The van der Waals surface area contributed by atoms with E-state index in [0.29, 0.717) is 44.1 Å². The van der Waals surface area contributed by atoms with E-state index in [1.165, 1.54) is 4.90 Å². The average molecular weight is 491 g/mol. The number of carbonyl (C=O) groups excluding carboxylic acids is 1. The van der Waals surface area contributed by atoms with Crippen molar-refractivity contribution >= 4 is 49.8 Å². The van der Waals surface area contributed by atoms with Crippen molar-refractivity contribution < 1.29 is 14.6 Å². The monoisotopic (exact) mass is 490 g/mol. The topological polar surface area (TPSA) is 109 Å². The van der Waals surface area contributed by atoms with Gasteiger partial charge in [-0.15, -0.1) is 0 Å². The number of imidazole rings is 1. The number of nitrogens with two attached hydrogens (primary N) is 1. The molecule has 0 fully saturated rings. The second-order valence-electron chi connectivity index (χ2n) is 8.47. The van der Waals surface area contributed by atoms with Gasteiger partial charge >= 0.3 is 0 Å². The smallest absolute Gasteiger partial charge is 0.152 e. The number of nitrogens with zero attached hydrogens (tertiary/aromatic N) is 4. The number of amides is 1. The maximum absolute atomic E-state index is 11.5. The molecule has 0 unspecified atom stereocenters. The van der Waals surface area contributed by atoms with E-state index in [0.717, 1.165) is 33.1 Å². The van der Waals surface area contributed by atoms with Gasteiger partial charge in [-0.25, -0.2) is 9.97 Å². The van der Waals surface area contributed by atoms with Crippen LogP contribution in [-0.2, 0) is 17.9 Å². The van der Waals surface area contributed by atoms with Crippen LogP contribution in [0.5, 0.6) is 0 Å². The van der Waals surface area contributed by atoms with Crippen LogP contribution in [0.4, 0.5) is 10.6 Å². The van der Waals surface area contributed by atoms with Gasteiger partial charge in [-0.3, -0.25) is 0 Å². The molecular weight excluding hydrogens is 462 g/mol. The highest BCUT2D eigenvalue weighted by Crippen LogP contribution is 2.31. The fourth-order valence-corrected chi connectivity index (χ4v) is 4.06. The molecule has 0 radical (unpaired) electrons. The van der Waals surface area contributed by atoms with E-state index in [9.17, 15) is 9.90 Å². The van der Waals surface area contributed by atoms with Gasteiger partial charge in [0.1, 0.15) is 24.0 Å². The zero-order valence-electron chi connectivity index (χ0n) is 18.4. The molecule has 2 aromatic heterocycles. The first-order valence-electron chi connectivity index (χ1n) is 10.4. The molecule has 8 nitrogen and oxygen atoms in total. The van der Waals surface area contributed by atoms with Gasteiger partial charge < -0.3 is 29.8 Å². The number of benzene rings is 1. The molecule has 0 bridgehead atoms. The molecule has 0 saturated carbocycles. The van der Waals surface area contributed by atoms with E-state index < -0.39 is 11.6 Å². The third kappa shape index (κ3) is 5.10. The normalized spacial score (nSPS) is 12.0. The Morgan fingerprint density at radius 1 is 1.29 bits per heavy atom. The molecule has 0 spiro atoms. The number of aromatic nitrogens is 3. The van der Waals surface area contributed by atoms with Crippen LogP contribution >= 0.6 is 15.9 Å². The Morgan fingerprint density at radius 3 is 2.68 bits per heavy atom. The lowest BCUT2D eigenvalue weighted by Crippen LogP contribution is -2.51. The highest BCUT2D eigenvalue weighted by molar-refractivity contribution is 9.10. The van der Waals surface area contributed by atoms with E-state index in [4.69, 9.17) is 15.5 Å². The molecule has 168 valence electrons. The first-order valence-corrected chi connectivity index (χ1v) is 11.2. The van der Waals surface area contributed by atoms with Gasteiger partial charge in [0.2, 0.25) is 0 Å². The maximum atomic E-state index is 11.5. The zero-order valence-corrected chi connectivity index (χ0v) is 20.0. The minimum atomic E-state index is -1.15. The molecule has 2 N–H and O–H groups in total. The largest absolute Gasteiger partial charge is 0.530 e. The summed E-state index contributed by atoms with van der Waals surface area (Å²) in [6, 6.07) is 5.92. The Bertz CT molecular complexity index is 1090. The van der Waals surface area contributed by atoms with Gasteiger partial charge in [0.25, 0.3) is 0 Å². The van der Waals surface area contributed by atoms with Crippen LogP contribution in [0, 0.1) is 0 Å². The van der Waals surface area contributed by atoms with Crippen molar-refractivity contribution in [2.75, 3.05) is 18.9 Å². The molecule has 3 rings (SSSR count). The van der Waals surface area contributed by atoms with Gasteiger partial charge in [0, 0.05) is 35.1 Å². The van der Waals surface area contributed by atoms with Gasteiger partial charge in [-0.05, 0) is 58.7 Å². The van der Waals surface area contributed by atoms with Gasteiger partial charge in [0.15, 0.2) is 5.82 Å². The van der Waals surface area contributed by atoms with Crippen LogP contribution in [-0.4, -0.2) is 44.2 Å². The van der Waals surface area contributed by atoms with Crippen LogP contribution in [0.15, 0.2) is 22.7 Å². The number of aryl methyl sites for hydroxylation is 1. The Balaban J connectivity index is 1.93. The summed E-state index contributed by atoms with van der Waals surface area (Å²) in [5.74, 6) is 1.17. The molecule has 31 heavy (non-hydrogen) atoms. The molecule has 9 heteroatoms. The second kappa shape index (κ2) is 9.40. The Hall–Kier alpha value is -2.39. The first kappa shape index (κ1) is 23.3. The summed E-state index contributed by atoms with van der Waals surface area (Å²) in [5, 5.41) is 12.5. The molecule has 0 aliphatic heterocycles. The summed E-state index contributed by atoms with van der Waals surface area (Å²) in [4.78, 5) is 22.1. The van der Waals surface area contributed by atoms with Crippen LogP contribution in [0.2, 0.25) is 0 Å². The number of hydrogen-bond donors (Lipinski definition) is 1. The number of anilines is 1. The van der Waals surface area contributed by atoms with E-state index in [-0.39, 0.29) is 0 Å². The van der Waals surface area contributed by atoms with Crippen molar-refractivity contribution in [1.29, 1.82) is 0 Å². The van der Waals surface area contributed by atoms with Gasteiger partial charge in [0.05, 0.1) is 11.0 Å². The number of pyridine rings is 1. The lowest BCUT2D eigenvalue weighted by molar-refractivity contribution is -0.270. The lowest BCUT2D eigenvalue weighted by atomic mass is 10.1. The summed E-state index contributed by atoms with van der Waals surface area (Å²) < 4.78 is 8.69. The number of fused-ring (bicyclic) bond motifs is 3. The highest BCUT2D eigenvalue weighted by atomic mass is 79.9. The number of rotatable bonds is 8. The fourth-order valence-electron chi connectivity index (χ4n) is 3.72. The molecule has 0 atom stereocenters. The Labute approximate surface area is 190 Å². The number of unbranched alkanes of at least 4 members (excludes halogenated alkanes) is 1. The van der Waals surface area contributed by atoms with Gasteiger partial charge in [-0.1, -0.05) is 15.9 Å². The number of nitrogen functional groups attached to an aromatic ring is 1. The van der Waals surface area contributed by atoms with Crippen molar-refractivity contribution in [3.05, 3.63) is 28.5 Å². The molecule has 2 heterocycles. The molecular formula is C22H29BrN5O3-. The first-order chi connectivity index (χ1) is 14.6. The summed E-state index contributed by atoms with van der Waals surface area (Å²) in [7, 11) is 0. The highest BCUT2D eigenvalue weighted by Gasteiger charge is 2.21. The molecule has 1 amide bonds. The van der Waals surface area contributed by atoms with Gasteiger partial charge in [-0.2, -0.15) is 0 Å². The van der Waals surface area contributed by atoms with E-state index in [1.54, 1.807) is 0 Å². The molecule has 1 aromatic carbocycles. The quantitative estimate of drug-likeness (QED) is 0.482. The van der Waals surface area contributed by atoms with Crippen LogP contribution in [0.3, 0.4) is 0 Å². The number of carboxylic acid groups (broad SMARTS) is 1. The van der Waals surface area contributed by atoms with Crippen molar-refractivity contribution in [3.8, 4) is 0 Å². The van der Waals surface area contributed by atoms with Crippen LogP contribution in [0.25, 0.3) is 21.9 Å². The van der Waals surface area contributed by atoms with Crippen molar-refractivity contribution in [3.63, 3.8) is 0 Å². The van der Waals surface area contributed by atoms with E-state index in [2.05, 4.69) is 25.5 Å². The fraction of sp³-hybridized carbons (Fsp3) is 0.500. The lowest BCUT2D eigenvalue weighted by Gasteiger charge is -2.38. The van der Waals surface area contributed by atoms with Crippen molar-refractivity contribution in [1.82, 2.24) is 19.4 Å². The van der Waals surface area contributed by atoms with Crippen LogP contribution in [0.1, 0.15) is 46.4 Å². The molecule has 0 saturated heterocycles. The Morgan fingerprint density at radius 2 is 2.03 bits per heavy atom. The minimum Gasteiger partial charge on any atom is -0.530 e. The van der Waals surface area contributed by atoms with Crippen molar-refractivity contribution in [2.24, 2.45) is 0 Å². The zero-order chi connectivity index (χ0) is 22.8. The Kier molecular flexibility index (Phi) is 7.06. The third-order valence-corrected chi connectivity index (χ3v) is 5.72. The number of ether oxygens (including phenoxy) is 1. The predicted molar refractivity (Wildman–Crippen MR) is 124 cm³/mol. The predicted octanol–water partition coefficient (Wildman–Crippen LogP) is 3.69. The van der Waals surface area contributed by atoms with E-state index in [1.807, 2.05) is 45.9 Å². The SMILES string of the molecule is CCOCc1nc2c(N)nc3cc(Br)ccc3c2n1CCCCN(C(=O)[O-])C(C)(C)C. The summed E-state index contributed by atoms with van der Waals surface area (Å²) in [6.45, 7) is 9.57. The summed E-state index contributed by atoms with van der Waals surface area (Å²) in [6.07, 6.45) is 0.321. The van der Waals surface area contributed by atoms with Crippen LogP contribution < -0.4 is 10.8 Å². The number of hydrogen-bond acceptors (Lipinski definition) is 6. The maximum Gasteiger partial charge on any atom is 0.152 e. The third-order valence-electron chi connectivity index (χ3n) is 5.22. The van der Waals surface area contributed by atoms with Crippen molar-refractivity contribution in [2.45, 2.75) is 59.2 Å². The minimum absolute atomic E-state index is 0.371. The van der Waals surface area contributed by atoms with E-state index >= 15 is 0 Å². The second-order valence-corrected chi connectivity index (χ2v) is 9.38. The standard InChI is InChI=1S/C22H30BrN5O3/c1-5-31-13-17-26-18-19(15-9-8-14(23)12-16(15)25-20(18)24)27(17)10-6-7-11-28(21(29)30)22(2,3)4/h8-9,12H,5-7,10-11,13H2,1-4H3,(H2,24,25)(H,29,30)/p-1. The summed E-state index contributed by atoms with van der Waals surface area (Å²) in [5.41, 5.74) is 8.12.